The Morgan fingerprint density at radius 3 is 2.58 bits per heavy atom. The molecule has 31 heavy (non-hydrogen) atoms. The van der Waals surface area contributed by atoms with Crippen molar-refractivity contribution in [2.75, 3.05) is 11.6 Å². The van der Waals surface area contributed by atoms with E-state index in [-0.39, 0.29) is 16.7 Å². The Hall–Kier alpha value is -1.67. The summed E-state index contributed by atoms with van der Waals surface area (Å²) in [4.78, 5) is 18.0. The van der Waals surface area contributed by atoms with Crippen LogP contribution in [0, 0.1) is 5.92 Å². The number of aromatic nitrogens is 1. The average molecular weight is 497 g/mol. The Morgan fingerprint density at radius 1 is 1.16 bits per heavy atom. The fraction of sp³-hybridized carbons (Fsp3) is 0.364. The zero-order valence-electron chi connectivity index (χ0n) is 16.9. The first kappa shape index (κ1) is 22.5. The zero-order chi connectivity index (χ0) is 22.2. The summed E-state index contributed by atoms with van der Waals surface area (Å²) in [5.41, 5.74) is 1.48. The van der Waals surface area contributed by atoms with Gasteiger partial charge in [0.1, 0.15) is 0 Å². The van der Waals surface area contributed by atoms with Crippen LogP contribution in [0.5, 0.6) is 0 Å². The van der Waals surface area contributed by atoms with E-state index >= 15 is 0 Å². The monoisotopic (exact) mass is 496 g/mol. The number of halogens is 2. The molecule has 1 saturated carbocycles. The number of nitrogens with one attached hydrogen (secondary N) is 1. The standard InChI is InChI=1S/C22H22Cl2N2O3S2/c1-31(28,29)15-7-9-19-20(12-15)30-22(25-19)26-21(27)16(10-13-4-2-3-5-13)14-6-8-17(23)18(24)11-14/h6-9,11-13,16H,2-5,10H2,1H3,(H,25,26,27). The van der Waals surface area contributed by atoms with Crippen LogP contribution in [0.15, 0.2) is 41.3 Å². The molecule has 3 aromatic rings. The second-order valence-corrected chi connectivity index (χ2v) is 11.9. The van der Waals surface area contributed by atoms with E-state index in [0.717, 1.165) is 24.8 Å². The molecule has 0 saturated heterocycles. The number of amides is 1. The molecular formula is C22H22Cl2N2O3S2. The van der Waals surface area contributed by atoms with E-state index in [2.05, 4.69) is 10.3 Å². The molecule has 4 rings (SSSR count). The van der Waals surface area contributed by atoms with Crippen molar-refractivity contribution in [1.29, 1.82) is 0 Å². The number of carbonyl (C=O) groups excluding carboxylic acids is 1. The number of sulfone groups is 1. The predicted octanol–water partition coefficient (Wildman–Crippen LogP) is 6.31. The van der Waals surface area contributed by atoms with Gasteiger partial charge in [-0.05, 0) is 48.2 Å². The Balaban J connectivity index is 1.61. The summed E-state index contributed by atoms with van der Waals surface area (Å²) < 4.78 is 24.3. The summed E-state index contributed by atoms with van der Waals surface area (Å²) in [6.45, 7) is 0. The largest absolute Gasteiger partial charge is 0.301 e. The van der Waals surface area contributed by atoms with Gasteiger partial charge in [0.2, 0.25) is 5.91 Å². The summed E-state index contributed by atoms with van der Waals surface area (Å²) in [6, 6.07) is 10.1. The van der Waals surface area contributed by atoms with Crippen molar-refractivity contribution in [3.63, 3.8) is 0 Å². The maximum Gasteiger partial charge on any atom is 0.233 e. The quantitative estimate of drug-likeness (QED) is 0.433. The number of benzene rings is 2. The van der Waals surface area contributed by atoms with Crippen LogP contribution in [-0.2, 0) is 14.6 Å². The van der Waals surface area contributed by atoms with Gasteiger partial charge in [-0.2, -0.15) is 0 Å². The number of rotatable bonds is 6. The van der Waals surface area contributed by atoms with Crippen LogP contribution in [0.4, 0.5) is 5.13 Å². The number of thiazole rings is 1. The van der Waals surface area contributed by atoms with Crippen molar-refractivity contribution >= 4 is 65.6 Å². The van der Waals surface area contributed by atoms with Gasteiger partial charge in [0.15, 0.2) is 15.0 Å². The highest BCUT2D eigenvalue weighted by molar-refractivity contribution is 7.90. The summed E-state index contributed by atoms with van der Waals surface area (Å²) in [5.74, 6) is -0.0120. The normalized spacial score (nSPS) is 16.0. The van der Waals surface area contributed by atoms with E-state index in [1.807, 2.05) is 6.07 Å². The molecule has 5 nitrogen and oxygen atoms in total. The molecule has 0 bridgehead atoms. The van der Waals surface area contributed by atoms with E-state index in [4.69, 9.17) is 23.2 Å². The Labute approximate surface area is 195 Å². The highest BCUT2D eigenvalue weighted by Gasteiger charge is 2.28. The molecule has 2 aromatic carbocycles. The molecule has 1 aliphatic rings. The van der Waals surface area contributed by atoms with Crippen molar-refractivity contribution in [1.82, 2.24) is 4.98 Å². The van der Waals surface area contributed by atoms with Crippen LogP contribution in [0.1, 0.15) is 43.6 Å². The second-order valence-electron chi connectivity index (χ2n) is 8.02. The minimum atomic E-state index is -3.31. The van der Waals surface area contributed by atoms with Gasteiger partial charge < -0.3 is 5.32 Å². The summed E-state index contributed by atoms with van der Waals surface area (Å²) in [6.07, 6.45) is 6.55. The number of hydrogen-bond acceptors (Lipinski definition) is 5. The highest BCUT2D eigenvalue weighted by atomic mass is 35.5. The molecule has 0 radical (unpaired) electrons. The Morgan fingerprint density at radius 2 is 1.90 bits per heavy atom. The van der Waals surface area contributed by atoms with E-state index in [1.165, 1.54) is 36.5 Å². The average Bonchev–Trinajstić information content (AvgIpc) is 3.36. The third-order valence-electron chi connectivity index (χ3n) is 5.72. The molecule has 1 amide bonds. The Bertz CT molecular complexity index is 1230. The highest BCUT2D eigenvalue weighted by Crippen LogP contribution is 2.37. The number of hydrogen-bond donors (Lipinski definition) is 1. The smallest absolute Gasteiger partial charge is 0.233 e. The van der Waals surface area contributed by atoms with Gasteiger partial charge in [-0.3, -0.25) is 4.79 Å². The van der Waals surface area contributed by atoms with Crippen LogP contribution < -0.4 is 5.32 Å². The van der Waals surface area contributed by atoms with E-state index in [0.29, 0.717) is 31.3 Å². The summed E-state index contributed by atoms with van der Waals surface area (Å²) in [7, 11) is -3.31. The first-order chi connectivity index (χ1) is 14.7. The predicted molar refractivity (Wildman–Crippen MR) is 127 cm³/mol. The third kappa shape index (κ3) is 5.22. The van der Waals surface area contributed by atoms with Gasteiger partial charge in [0, 0.05) is 6.26 Å². The molecule has 1 heterocycles. The SMILES string of the molecule is CS(=O)(=O)c1ccc2nc(NC(=O)C(CC3CCCC3)c3ccc(Cl)c(Cl)c3)sc2c1. The molecule has 1 N–H and O–H groups in total. The lowest BCUT2D eigenvalue weighted by Gasteiger charge is -2.20. The maximum absolute atomic E-state index is 13.3. The van der Waals surface area contributed by atoms with Gasteiger partial charge >= 0.3 is 0 Å². The molecule has 0 spiro atoms. The van der Waals surface area contributed by atoms with Crippen LogP contribution in [-0.4, -0.2) is 25.6 Å². The van der Waals surface area contributed by atoms with Gasteiger partial charge in [-0.1, -0.05) is 66.3 Å². The van der Waals surface area contributed by atoms with Gasteiger partial charge in [0.25, 0.3) is 0 Å². The molecule has 0 aliphatic heterocycles. The first-order valence-electron chi connectivity index (χ1n) is 10.1. The van der Waals surface area contributed by atoms with Crippen LogP contribution in [0.2, 0.25) is 10.0 Å². The van der Waals surface area contributed by atoms with Crippen molar-refractivity contribution in [2.45, 2.75) is 42.9 Å². The van der Waals surface area contributed by atoms with Gasteiger partial charge in [0.05, 0.1) is 31.1 Å². The molecule has 9 heteroatoms. The topological polar surface area (TPSA) is 76.1 Å². The van der Waals surface area contributed by atoms with Crippen LogP contribution in [0.3, 0.4) is 0 Å². The van der Waals surface area contributed by atoms with E-state index < -0.39 is 9.84 Å². The number of fused-ring (bicyclic) bond motifs is 1. The molecule has 1 aromatic heterocycles. The number of anilines is 1. The van der Waals surface area contributed by atoms with Crippen LogP contribution in [0.25, 0.3) is 10.2 Å². The molecule has 1 aliphatic carbocycles. The lowest BCUT2D eigenvalue weighted by molar-refractivity contribution is -0.118. The molecule has 1 fully saturated rings. The van der Waals surface area contributed by atoms with Gasteiger partial charge in [-0.15, -0.1) is 0 Å². The fourth-order valence-corrected chi connectivity index (χ4v) is 6.02. The molecule has 164 valence electrons. The maximum atomic E-state index is 13.3. The summed E-state index contributed by atoms with van der Waals surface area (Å²) >= 11 is 13.6. The fourth-order valence-electron chi connectivity index (χ4n) is 4.08. The number of carbonyl (C=O) groups is 1. The number of nitrogens with zero attached hydrogens (tertiary/aromatic N) is 1. The van der Waals surface area contributed by atoms with E-state index in [9.17, 15) is 13.2 Å². The second kappa shape index (κ2) is 9.06. The van der Waals surface area contributed by atoms with Crippen LogP contribution >= 0.6 is 34.5 Å². The molecular weight excluding hydrogens is 475 g/mol. The first-order valence-corrected chi connectivity index (χ1v) is 13.5. The third-order valence-corrected chi connectivity index (χ3v) is 8.51. The Kier molecular flexibility index (Phi) is 6.58. The zero-order valence-corrected chi connectivity index (χ0v) is 20.0. The lowest BCUT2D eigenvalue weighted by atomic mass is 9.87. The minimum absolute atomic E-state index is 0.146. The minimum Gasteiger partial charge on any atom is -0.301 e. The van der Waals surface area contributed by atoms with E-state index in [1.54, 1.807) is 24.3 Å². The van der Waals surface area contributed by atoms with Crippen molar-refractivity contribution < 1.29 is 13.2 Å². The molecule has 1 unspecified atom stereocenters. The lowest BCUT2D eigenvalue weighted by Crippen LogP contribution is -2.23. The summed E-state index contributed by atoms with van der Waals surface area (Å²) in [5, 5.41) is 4.27. The van der Waals surface area contributed by atoms with Crippen molar-refractivity contribution in [2.24, 2.45) is 5.92 Å². The van der Waals surface area contributed by atoms with Gasteiger partial charge in [-0.25, -0.2) is 13.4 Å². The molecule has 1 atom stereocenters. The van der Waals surface area contributed by atoms with Crippen molar-refractivity contribution in [3.05, 3.63) is 52.0 Å². The van der Waals surface area contributed by atoms with Crippen molar-refractivity contribution in [3.8, 4) is 0 Å².